The van der Waals surface area contributed by atoms with Gasteiger partial charge in [-0.3, -0.25) is 0 Å². The maximum absolute atomic E-state index is 11.7. The third-order valence-electron chi connectivity index (χ3n) is 6.64. The summed E-state index contributed by atoms with van der Waals surface area (Å²) >= 11 is 0. The first-order valence-electron chi connectivity index (χ1n) is 11.8. The van der Waals surface area contributed by atoms with Crippen molar-refractivity contribution in [2.75, 3.05) is 19.4 Å². The van der Waals surface area contributed by atoms with E-state index in [0.717, 1.165) is 22.9 Å². The molecule has 2 aromatic carbocycles. The fourth-order valence-electron chi connectivity index (χ4n) is 3.13. The molecule has 0 atom stereocenters. The monoisotopic (exact) mass is 464 g/mol. The summed E-state index contributed by atoms with van der Waals surface area (Å²) in [5.74, 6) is -0.302. The van der Waals surface area contributed by atoms with E-state index >= 15 is 0 Å². The first kappa shape index (κ1) is 26.8. The lowest BCUT2D eigenvalue weighted by atomic mass is 9.98. The van der Waals surface area contributed by atoms with E-state index in [9.17, 15) is 4.79 Å². The van der Waals surface area contributed by atoms with E-state index in [1.807, 2.05) is 26.0 Å². The number of hydrogen-bond donors (Lipinski definition) is 0. The molecule has 2 rings (SSSR count). The second-order valence-corrected chi connectivity index (χ2v) is 15.8. The summed E-state index contributed by atoms with van der Waals surface area (Å²) in [7, 11) is -1.40. The molecule has 0 aromatic heterocycles. The van der Waals surface area contributed by atoms with Gasteiger partial charge in [-0.15, -0.1) is 0 Å². The van der Waals surface area contributed by atoms with Crippen LogP contribution in [0.5, 0.6) is 0 Å². The normalized spacial score (nSPS) is 13.2. The zero-order chi connectivity index (χ0) is 24.6. The van der Waals surface area contributed by atoms with Gasteiger partial charge in [-0.1, -0.05) is 88.5 Å². The average molecular weight is 465 g/mol. The Morgan fingerprint density at radius 3 is 1.82 bits per heavy atom. The summed E-state index contributed by atoms with van der Waals surface area (Å²) in [4.78, 5) is 11.7. The second-order valence-electron chi connectivity index (χ2n) is 10.3. The molecule has 0 aliphatic heterocycles. The molecular formula is C29H40O3Si. The predicted octanol–water partition coefficient (Wildman–Crippen LogP) is 7.79. The molecular weight excluding hydrogens is 424 g/mol. The van der Waals surface area contributed by atoms with Crippen LogP contribution in [0.15, 0.2) is 60.7 Å². The molecule has 3 nitrogen and oxygen atoms in total. The quantitative estimate of drug-likeness (QED) is 0.164. The van der Waals surface area contributed by atoms with Crippen molar-refractivity contribution in [1.82, 2.24) is 0 Å². The summed E-state index contributed by atoms with van der Waals surface area (Å²) < 4.78 is 11.0. The smallest absolute Gasteiger partial charge is 0.331 e. The molecule has 0 fully saturated rings. The molecule has 0 heterocycles. The average Bonchev–Trinajstić information content (AvgIpc) is 2.76. The zero-order valence-electron chi connectivity index (χ0n) is 21.6. The Balaban J connectivity index is 2.00. The molecule has 0 unspecified atom stereocenters. The van der Waals surface area contributed by atoms with E-state index in [4.69, 9.17) is 9.47 Å². The second kappa shape index (κ2) is 11.6. The van der Waals surface area contributed by atoms with E-state index < -0.39 is 8.07 Å². The molecule has 0 spiro atoms. The Morgan fingerprint density at radius 1 is 0.879 bits per heavy atom. The van der Waals surface area contributed by atoms with Crippen molar-refractivity contribution in [3.63, 3.8) is 0 Å². The van der Waals surface area contributed by atoms with E-state index in [1.54, 1.807) is 6.08 Å². The maximum Gasteiger partial charge on any atom is 0.331 e. The highest BCUT2D eigenvalue weighted by Gasteiger charge is 2.35. The fourth-order valence-corrected chi connectivity index (χ4v) is 4.19. The van der Waals surface area contributed by atoms with Crippen molar-refractivity contribution in [3.05, 3.63) is 71.8 Å². The van der Waals surface area contributed by atoms with Crippen LogP contribution in [0.4, 0.5) is 0 Å². The van der Waals surface area contributed by atoms with Crippen molar-refractivity contribution in [1.29, 1.82) is 0 Å². The first-order valence-corrected chi connectivity index (χ1v) is 15.0. The molecule has 0 aliphatic carbocycles. The molecule has 2 aromatic rings. The standard InChI is InChI=1S/C29H40O3Si/c1-9-32-28(30)20-23(3)25-12-16-27(17-13-25)26-14-10-24(11-15-26)22(2)18-19-31-21-33(7,8)29(4,5)6/h10-18,20H,9,19,21H2,1-8H3/b22-18-,23-20-. The van der Waals surface area contributed by atoms with Crippen molar-refractivity contribution >= 4 is 25.2 Å². The van der Waals surface area contributed by atoms with Crippen LogP contribution in [0.1, 0.15) is 52.7 Å². The number of esters is 1. The molecule has 0 N–H and O–H groups in total. The van der Waals surface area contributed by atoms with Gasteiger partial charge in [0, 0.05) is 12.3 Å². The number of rotatable bonds is 9. The van der Waals surface area contributed by atoms with Crippen LogP contribution in [0.25, 0.3) is 22.3 Å². The predicted molar refractivity (Wildman–Crippen MR) is 144 cm³/mol. The van der Waals surface area contributed by atoms with Crippen molar-refractivity contribution in [3.8, 4) is 11.1 Å². The molecule has 0 amide bonds. The van der Waals surface area contributed by atoms with Gasteiger partial charge in [0.2, 0.25) is 0 Å². The molecule has 33 heavy (non-hydrogen) atoms. The summed E-state index contributed by atoms with van der Waals surface area (Å²) in [6.45, 7) is 18.7. The Hall–Kier alpha value is -2.43. The number of carbonyl (C=O) groups is 1. The minimum atomic E-state index is -1.40. The number of carbonyl (C=O) groups excluding carboxylic acids is 1. The van der Waals surface area contributed by atoms with Gasteiger partial charge >= 0.3 is 5.97 Å². The van der Waals surface area contributed by atoms with Crippen molar-refractivity contribution in [2.45, 2.75) is 59.7 Å². The lowest BCUT2D eigenvalue weighted by molar-refractivity contribution is -0.137. The minimum Gasteiger partial charge on any atom is -0.463 e. The molecule has 0 aliphatic rings. The van der Waals surface area contributed by atoms with Crippen LogP contribution < -0.4 is 0 Å². The van der Waals surface area contributed by atoms with Gasteiger partial charge in [0.05, 0.1) is 21.3 Å². The SMILES string of the molecule is CCOC(=O)/C=C(/C)c1ccc(-c2ccc(/C(C)=C\COC[Si](C)(C)C(C)(C)C)cc2)cc1. The zero-order valence-corrected chi connectivity index (χ0v) is 22.6. The van der Waals surface area contributed by atoms with Crippen molar-refractivity contribution in [2.24, 2.45) is 0 Å². The highest BCUT2D eigenvalue weighted by Crippen LogP contribution is 2.35. The summed E-state index contributed by atoms with van der Waals surface area (Å²) in [5, 5.41) is 0.343. The number of benzene rings is 2. The van der Waals surface area contributed by atoms with Gasteiger partial charge in [-0.2, -0.15) is 0 Å². The van der Waals surface area contributed by atoms with Crippen LogP contribution in [-0.4, -0.2) is 33.5 Å². The van der Waals surface area contributed by atoms with Crippen LogP contribution >= 0.6 is 0 Å². The maximum atomic E-state index is 11.7. The Labute approximate surface area is 201 Å². The molecule has 0 bridgehead atoms. The molecule has 178 valence electrons. The lowest BCUT2D eigenvalue weighted by Gasteiger charge is -2.36. The van der Waals surface area contributed by atoms with Gasteiger partial charge in [0.15, 0.2) is 0 Å². The number of ether oxygens (including phenoxy) is 2. The van der Waals surface area contributed by atoms with E-state index in [0.29, 0.717) is 18.3 Å². The van der Waals surface area contributed by atoms with Crippen LogP contribution in [0, 0.1) is 0 Å². The summed E-state index contributed by atoms with van der Waals surface area (Å²) in [6.07, 6.45) is 4.59. The topological polar surface area (TPSA) is 35.5 Å². The number of hydrogen-bond acceptors (Lipinski definition) is 3. The Bertz CT molecular complexity index is 975. The van der Waals surface area contributed by atoms with Crippen molar-refractivity contribution < 1.29 is 14.3 Å². The van der Waals surface area contributed by atoms with Crippen LogP contribution in [0.3, 0.4) is 0 Å². The van der Waals surface area contributed by atoms with E-state index in [2.05, 4.69) is 83.3 Å². The van der Waals surface area contributed by atoms with E-state index in [1.165, 1.54) is 16.7 Å². The third-order valence-corrected chi connectivity index (χ3v) is 11.6. The highest BCUT2D eigenvalue weighted by atomic mass is 28.3. The largest absolute Gasteiger partial charge is 0.463 e. The Kier molecular flexibility index (Phi) is 9.44. The van der Waals surface area contributed by atoms with E-state index in [-0.39, 0.29) is 5.97 Å². The van der Waals surface area contributed by atoms with Gasteiger partial charge in [-0.25, -0.2) is 4.79 Å². The summed E-state index contributed by atoms with van der Waals surface area (Å²) in [5.41, 5.74) is 6.66. The lowest BCUT2D eigenvalue weighted by Crippen LogP contribution is -2.42. The third kappa shape index (κ3) is 7.83. The molecule has 0 saturated carbocycles. The Morgan fingerprint density at radius 2 is 1.36 bits per heavy atom. The molecule has 0 saturated heterocycles. The fraction of sp³-hybridized carbons (Fsp3) is 0.414. The van der Waals surface area contributed by atoms with Crippen LogP contribution in [-0.2, 0) is 14.3 Å². The van der Waals surface area contributed by atoms with Gasteiger partial charge in [0.25, 0.3) is 0 Å². The van der Waals surface area contributed by atoms with Gasteiger partial charge < -0.3 is 9.47 Å². The highest BCUT2D eigenvalue weighted by molar-refractivity contribution is 6.80. The summed E-state index contributed by atoms with van der Waals surface area (Å²) in [6, 6.07) is 16.9. The first-order chi connectivity index (χ1) is 15.4. The molecule has 4 heteroatoms. The van der Waals surface area contributed by atoms with Crippen LogP contribution in [0.2, 0.25) is 18.1 Å². The minimum absolute atomic E-state index is 0.302. The van der Waals surface area contributed by atoms with Gasteiger partial charge in [0.1, 0.15) is 0 Å². The van der Waals surface area contributed by atoms with Gasteiger partial charge in [-0.05, 0) is 59.2 Å². The molecule has 0 radical (unpaired) electrons. The number of allylic oxidation sites excluding steroid dienone is 2.